The van der Waals surface area contributed by atoms with E-state index in [9.17, 15) is 14.4 Å². The second-order valence-electron chi connectivity index (χ2n) is 4.90. The van der Waals surface area contributed by atoms with Crippen LogP contribution >= 0.6 is 0 Å². The highest BCUT2D eigenvalue weighted by atomic mass is 16.4. The van der Waals surface area contributed by atoms with E-state index < -0.39 is 5.97 Å². The summed E-state index contributed by atoms with van der Waals surface area (Å²) in [6, 6.07) is 0. The zero-order chi connectivity index (χ0) is 15.1. The van der Waals surface area contributed by atoms with Crippen molar-refractivity contribution in [3.63, 3.8) is 0 Å². The van der Waals surface area contributed by atoms with E-state index in [2.05, 4.69) is 0 Å². The fraction of sp³-hybridized carbons (Fsp3) is 0.769. The molecule has 20 heavy (non-hydrogen) atoms. The highest BCUT2D eigenvalue weighted by Crippen LogP contribution is 2.04. The van der Waals surface area contributed by atoms with E-state index in [-0.39, 0.29) is 24.8 Å². The summed E-state index contributed by atoms with van der Waals surface area (Å²) in [5.41, 5.74) is 0. The Morgan fingerprint density at radius 3 is 2.10 bits per heavy atom. The van der Waals surface area contributed by atoms with Crippen LogP contribution in [0, 0.1) is 0 Å². The summed E-state index contributed by atoms with van der Waals surface area (Å²) in [5.74, 6) is -0.819. The second kappa shape index (κ2) is 7.84. The number of nitrogens with zero attached hydrogens (tertiary/aromatic N) is 3. The number of carbonyl (C=O) groups excluding carboxylic acids is 2. The van der Waals surface area contributed by atoms with Gasteiger partial charge in [0.1, 0.15) is 0 Å². The maximum atomic E-state index is 12.1. The van der Waals surface area contributed by atoms with Gasteiger partial charge in [0.25, 0.3) is 0 Å². The number of likely N-dealkylation sites (N-methyl/N-ethyl adjacent to an activating group) is 1. The number of hydrogen-bond donors (Lipinski definition) is 1. The van der Waals surface area contributed by atoms with E-state index >= 15 is 0 Å². The molecule has 0 spiro atoms. The Balaban J connectivity index is 2.38. The number of aliphatic carboxylic acids is 1. The van der Waals surface area contributed by atoms with E-state index in [1.54, 1.807) is 9.80 Å². The number of hydrogen-bond acceptors (Lipinski definition) is 4. The van der Waals surface area contributed by atoms with Crippen molar-refractivity contribution < 1.29 is 19.5 Å². The van der Waals surface area contributed by atoms with Gasteiger partial charge in [0.05, 0.1) is 13.0 Å². The molecular weight excluding hydrogens is 262 g/mol. The van der Waals surface area contributed by atoms with Gasteiger partial charge in [-0.15, -0.1) is 0 Å². The van der Waals surface area contributed by atoms with Crippen LogP contribution in [0.3, 0.4) is 0 Å². The van der Waals surface area contributed by atoms with Gasteiger partial charge in [-0.05, 0) is 6.54 Å². The highest BCUT2D eigenvalue weighted by Gasteiger charge is 2.23. The van der Waals surface area contributed by atoms with Gasteiger partial charge in [0.15, 0.2) is 0 Å². The molecule has 114 valence electrons. The molecule has 1 heterocycles. The molecule has 7 heteroatoms. The topological polar surface area (TPSA) is 81.2 Å². The monoisotopic (exact) mass is 285 g/mol. The summed E-state index contributed by atoms with van der Waals surface area (Å²) in [7, 11) is 0. The Labute approximate surface area is 119 Å². The van der Waals surface area contributed by atoms with Crippen molar-refractivity contribution in [3.05, 3.63) is 0 Å². The third-order valence-corrected chi connectivity index (χ3v) is 3.53. The van der Waals surface area contributed by atoms with Crippen LogP contribution in [0.5, 0.6) is 0 Å². The van der Waals surface area contributed by atoms with Gasteiger partial charge in [0, 0.05) is 39.6 Å². The molecule has 1 saturated heterocycles. The van der Waals surface area contributed by atoms with Crippen LogP contribution in [0.1, 0.15) is 20.3 Å². The van der Waals surface area contributed by atoms with Crippen LogP contribution in [0.4, 0.5) is 0 Å². The lowest BCUT2D eigenvalue weighted by Crippen LogP contribution is -2.52. The number of piperazine rings is 1. The fourth-order valence-corrected chi connectivity index (χ4v) is 2.16. The molecule has 0 aliphatic carbocycles. The maximum absolute atomic E-state index is 12.1. The normalized spacial score (nSPS) is 15.6. The van der Waals surface area contributed by atoms with Gasteiger partial charge >= 0.3 is 5.97 Å². The molecule has 0 aromatic heterocycles. The van der Waals surface area contributed by atoms with Crippen LogP contribution < -0.4 is 0 Å². The van der Waals surface area contributed by atoms with Crippen molar-refractivity contribution in [1.82, 2.24) is 14.7 Å². The summed E-state index contributed by atoms with van der Waals surface area (Å²) >= 11 is 0. The predicted molar refractivity (Wildman–Crippen MR) is 73.2 cm³/mol. The molecule has 0 aromatic carbocycles. The van der Waals surface area contributed by atoms with Gasteiger partial charge in [-0.3, -0.25) is 19.3 Å². The van der Waals surface area contributed by atoms with Crippen LogP contribution in [0.25, 0.3) is 0 Å². The Hall–Kier alpha value is -1.63. The number of carboxylic acid groups (broad SMARTS) is 1. The van der Waals surface area contributed by atoms with E-state index in [4.69, 9.17) is 5.11 Å². The standard InChI is InChI=1S/C13H23N3O4/c1-3-14(5-4-13(19)20)10-12(18)16-8-6-15(7-9-16)11(2)17/h3-10H2,1-2H3,(H,19,20). The number of carboxylic acids is 1. The van der Waals surface area contributed by atoms with Gasteiger partial charge in [-0.2, -0.15) is 0 Å². The number of rotatable bonds is 6. The summed E-state index contributed by atoms with van der Waals surface area (Å²) in [4.78, 5) is 39.2. The van der Waals surface area contributed by atoms with E-state index in [0.29, 0.717) is 39.3 Å². The minimum absolute atomic E-state index is 0.000408. The molecule has 1 fully saturated rings. The summed E-state index contributed by atoms with van der Waals surface area (Å²) in [6.45, 7) is 6.95. The third kappa shape index (κ3) is 5.16. The number of amides is 2. The average molecular weight is 285 g/mol. The Kier molecular flexibility index (Phi) is 6.44. The first-order chi connectivity index (χ1) is 9.43. The van der Waals surface area contributed by atoms with Gasteiger partial charge < -0.3 is 14.9 Å². The fourth-order valence-electron chi connectivity index (χ4n) is 2.16. The zero-order valence-corrected chi connectivity index (χ0v) is 12.2. The quantitative estimate of drug-likeness (QED) is 0.710. The highest BCUT2D eigenvalue weighted by molar-refractivity contribution is 5.79. The molecule has 0 radical (unpaired) electrons. The lowest BCUT2D eigenvalue weighted by Gasteiger charge is -2.35. The minimum Gasteiger partial charge on any atom is -0.481 e. The smallest absolute Gasteiger partial charge is 0.304 e. The SMILES string of the molecule is CCN(CCC(=O)O)CC(=O)N1CCN(C(C)=O)CC1. The van der Waals surface area contributed by atoms with Crippen molar-refractivity contribution in [3.8, 4) is 0 Å². The minimum atomic E-state index is -0.856. The Morgan fingerprint density at radius 1 is 1.10 bits per heavy atom. The van der Waals surface area contributed by atoms with Crippen molar-refractivity contribution in [2.75, 3.05) is 45.8 Å². The zero-order valence-electron chi connectivity index (χ0n) is 12.2. The van der Waals surface area contributed by atoms with E-state index in [1.165, 1.54) is 6.92 Å². The molecule has 0 unspecified atom stereocenters. The van der Waals surface area contributed by atoms with E-state index in [1.807, 2.05) is 11.8 Å². The van der Waals surface area contributed by atoms with Gasteiger partial charge in [-0.1, -0.05) is 6.92 Å². The maximum Gasteiger partial charge on any atom is 0.304 e. The third-order valence-electron chi connectivity index (χ3n) is 3.53. The van der Waals surface area contributed by atoms with Crippen molar-refractivity contribution >= 4 is 17.8 Å². The Morgan fingerprint density at radius 2 is 1.65 bits per heavy atom. The molecule has 0 saturated carbocycles. The predicted octanol–water partition coefficient (Wildman–Crippen LogP) is -0.526. The Bertz CT molecular complexity index is 365. The molecule has 0 aromatic rings. The lowest BCUT2D eigenvalue weighted by molar-refractivity contribution is -0.140. The molecule has 1 aliphatic rings. The summed E-state index contributed by atoms with van der Waals surface area (Å²) in [6.07, 6.45) is 0.0409. The molecule has 2 amide bonds. The van der Waals surface area contributed by atoms with Crippen molar-refractivity contribution in [2.24, 2.45) is 0 Å². The molecule has 0 atom stereocenters. The van der Waals surface area contributed by atoms with Crippen LogP contribution in [0.2, 0.25) is 0 Å². The van der Waals surface area contributed by atoms with Crippen molar-refractivity contribution in [1.29, 1.82) is 0 Å². The first kappa shape index (κ1) is 16.4. The van der Waals surface area contributed by atoms with Gasteiger partial charge in [-0.25, -0.2) is 0 Å². The second-order valence-corrected chi connectivity index (χ2v) is 4.90. The van der Waals surface area contributed by atoms with Crippen LogP contribution in [-0.2, 0) is 14.4 Å². The molecule has 1 N–H and O–H groups in total. The van der Waals surface area contributed by atoms with Crippen molar-refractivity contribution in [2.45, 2.75) is 20.3 Å². The van der Waals surface area contributed by atoms with E-state index in [0.717, 1.165) is 0 Å². The number of carbonyl (C=O) groups is 3. The lowest BCUT2D eigenvalue weighted by atomic mass is 10.3. The molecule has 1 rings (SSSR count). The largest absolute Gasteiger partial charge is 0.481 e. The first-order valence-electron chi connectivity index (χ1n) is 6.91. The average Bonchev–Trinajstić information content (AvgIpc) is 2.43. The molecule has 1 aliphatic heterocycles. The van der Waals surface area contributed by atoms with Gasteiger partial charge in [0.2, 0.25) is 11.8 Å². The molecular formula is C13H23N3O4. The van der Waals surface area contributed by atoms with Crippen LogP contribution in [0.15, 0.2) is 0 Å². The van der Waals surface area contributed by atoms with Crippen LogP contribution in [-0.4, -0.2) is 83.4 Å². The first-order valence-corrected chi connectivity index (χ1v) is 6.91. The molecule has 7 nitrogen and oxygen atoms in total. The summed E-state index contributed by atoms with van der Waals surface area (Å²) in [5, 5.41) is 8.66. The molecule has 0 bridgehead atoms. The summed E-state index contributed by atoms with van der Waals surface area (Å²) < 4.78 is 0.